The fourth-order valence-corrected chi connectivity index (χ4v) is 1.84. The van der Waals surface area contributed by atoms with Crippen molar-refractivity contribution in [2.75, 3.05) is 31.6 Å². The standard InChI is InChI=1S/C10H22N2O3S/c1-4-11-8-9(2)10(13)12-6-5-7-16(3,14)15/h9,11H,4-8H2,1-3H3,(H,12,13). The molecule has 0 aliphatic heterocycles. The van der Waals surface area contributed by atoms with Gasteiger partial charge in [-0.2, -0.15) is 0 Å². The van der Waals surface area contributed by atoms with E-state index in [1.165, 1.54) is 6.26 Å². The van der Waals surface area contributed by atoms with Gasteiger partial charge in [0.15, 0.2) is 0 Å². The molecular weight excluding hydrogens is 228 g/mol. The predicted molar refractivity (Wildman–Crippen MR) is 65.0 cm³/mol. The molecule has 2 N–H and O–H groups in total. The Morgan fingerprint density at radius 2 is 2.00 bits per heavy atom. The number of hydrogen-bond donors (Lipinski definition) is 2. The van der Waals surface area contributed by atoms with Gasteiger partial charge in [0, 0.05) is 25.3 Å². The highest BCUT2D eigenvalue weighted by molar-refractivity contribution is 7.90. The van der Waals surface area contributed by atoms with Crippen LogP contribution in [0.4, 0.5) is 0 Å². The Hall–Kier alpha value is -0.620. The molecule has 0 aliphatic carbocycles. The van der Waals surface area contributed by atoms with Crippen LogP contribution >= 0.6 is 0 Å². The summed E-state index contributed by atoms with van der Waals surface area (Å²) < 4.78 is 21.7. The predicted octanol–water partition coefficient (Wildman–Crippen LogP) is -0.217. The van der Waals surface area contributed by atoms with Gasteiger partial charge in [-0.25, -0.2) is 8.42 Å². The molecule has 0 spiro atoms. The second-order valence-electron chi connectivity index (χ2n) is 3.98. The van der Waals surface area contributed by atoms with Gasteiger partial charge in [-0.1, -0.05) is 13.8 Å². The summed E-state index contributed by atoms with van der Waals surface area (Å²) in [6.07, 6.45) is 1.67. The molecule has 0 saturated heterocycles. The molecule has 0 aromatic heterocycles. The summed E-state index contributed by atoms with van der Waals surface area (Å²) >= 11 is 0. The average Bonchev–Trinajstić information content (AvgIpc) is 2.19. The number of sulfone groups is 1. The minimum atomic E-state index is -2.92. The molecule has 16 heavy (non-hydrogen) atoms. The summed E-state index contributed by atoms with van der Waals surface area (Å²) in [6, 6.07) is 0. The van der Waals surface area contributed by atoms with E-state index in [2.05, 4.69) is 10.6 Å². The zero-order valence-corrected chi connectivity index (χ0v) is 11.1. The molecule has 96 valence electrons. The van der Waals surface area contributed by atoms with E-state index in [-0.39, 0.29) is 17.6 Å². The van der Waals surface area contributed by atoms with Gasteiger partial charge in [-0.3, -0.25) is 4.79 Å². The van der Waals surface area contributed by atoms with Crippen LogP contribution in [0, 0.1) is 5.92 Å². The van der Waals surface area contributed by atoms with E-state index >= 15 is 0 Å². The van der Waals surface area contributed by atoms with E-state index in [1.807, 2.05) is 13.8 Å². The number of hydrogen-bond acceptors (Lipinski definition) is 4. The SMILES string of the molecule is CCNCC(C)C(=O)NCCCS(C)(=O)=O. The second kappa shape index (κ2) is 7.62. The highest BCUT2D eigenvalue weighted by atomic mass is 32.2. The fraction of sp³-hybridized carbons (Fsp3) is 0.900. The number of rotatable bonds is 8. The fourth-order valence-electron chi connectivity index (χ4n) is 1.17. The third kappa shape index (κ3) is 8.67. The molecule has 0 rings (SSSR count). The molecular formula is C10H22N2O3S. The van der Waals surface area contributed by atoms with Crippen molar-refractivity contribution in [2.45, 2.75) is 20.3 Å². The van der Waals surface area contributed by atoms with Gasteiger partial charge in [-0.05, 0) is 13.0 Å². The zero-order valence-electron chi connectivity index (χ0n) is 10.2. The van der Waals surface area contributed by atoms with Gasteiger partial charge < -0.3 is 10.6 Å². The first kappa shape index (κ1) is 15.4. The third-order valence-corrected chi connectivity index (χ3v) is 3.17. The van der Waals surface area contributed by atoms with Gasteiger partial charge in [0.05, 0.1) is 5.75 Å². The summed E-state index contributed by atoms with van der Waals surface area (Å²) in [5.74, 6) is 0.00198. The van der Waals surface area contributed by atoms with E-state index in [9.17, 15) is 13.2 Å². The minimum absolute atomic E-state index is 0.0329. The van der Waals surface area contributed by atoms with Crippen molar-refractivity contribution in [1.29, 1.82) is 0 Å². The van der Waals surface area contributed by atoms with Crippen molar-refractivity contribution in [3.05, 3.63) is 0 Å². The number of carbonyl (C=O) groups excluding carboxylic acids is 1. The topological polar surface area (TPSA) is 75.3 Å². The first-order valence-electron chi connectivity index (χ1n) is 5.53. The molecule has 5 nitrogen and oxygen atoms in total. The number of amides is 1. The van der Waals surface area contributed by atoms with E-state index in [0.29, 0.717) is 19.5 Å². The number of carbonyl (C=O) groups is 1. The van der Waals surface area contributed by atoms with Gasteiger partial charge >= 0.3 is 0 Å². The van der Waals surface area contributed by atoms with Crippen LogP contribution in [0.1, 0.15) is 20.3 Å². The molecule has 0 heterocycles. The molecule has 1 unspecified atom stereocenters. The first-order valence-corrected chi connectivity index (χ1v) is 7.59. The van der Waals surface area contributed by atoms with E-state index in [0.717, 1.165) is 6.54 Å². The molecule has 0 fully saturated rings. The van der Waals surface area contributed by atoms with E-state index in [1.54, 1.807) is 0 Å². The van der Waals surface area contributed by atoms with Gasteiger partial charge in [0.2, 0.25) is 5.91 Å². The lowest BCUT2D eigenvalue weighted by molar-refractivity contribution is -0.124. The highest BCUT2D eigenvalue weighted by Crippen LogP contribution is 1.93. The molecule has 1 atom stereocenters. The van der Waals surface area contributed by atoms with Crippen LogP contribution in [0.25, 0.3) is 0 Å². The Morgan fingerprint density at radius 3 is 2.50 bits per heavy atom. The average molecular weight is 250 g/mol. The van der Waals surface area contributed by atoms with Crippen LogP contribution < -0.4 is 10.6 Å². The number of nitrogens with one attached hydrogen (secondary N) is 2. The molecule has 0 aromatic carbocycles. The Labute approximate surface area is 97.9 Å². The lowest BCUT2D eigenvalue weighted by atomic mass is 10.1. The van der Waals surface area contributed by atoms with Crippen LogP contribution in [0.15, 0.2) is 0 Å². The van der Waals surface area contributed by atoms with Gasteiger partial charge in [0.1, 0.15) is 9.84 Å². The molecule has 0 saturated carbocycles. The molecule has 0 bridgehead atoms. The summed E-state index contributed by atoms with van der Waals surface area (Å²) in [6.45, 7) is 5.73. The second-order valence-corrected chi connectivity index (χ2v) is 6.24. The largest absolute Gasteiger partial charge is 0.356 e. The van der Waals surface area contributed by atoms with Crippen LogP contribution in [0.3, 0.4) is 0 Å². The smallest absolute Gasteiger partial charge is 0.224 e. The molecule has 1 amide bonds. The first-order chi connectivity index (χ1) is 7.37. The summed E-state index contributed by atoms with van der Waals surface area (Å²) in [5, 5.41) is 5.81. The van der Waals surface area contributed by atoms with Crippen molar-refractivity contribution in [3.63, 3.8) is 0 Å². The quantitative estimate of drug-likeness (QED) is 0.584. The van der Waals surface area contributed by atoms with Crippen molar-refractivity contribution in [3.8, 4) is 0 Å². The lowest BCUT2D eigenvalue weighted by Gasteiger charge is -2.12. The maximum atomic E-state index is 11.5. The van der Waals surface area contributed by atoms with Crippen molar-refractivity contribution < 1.29 is 13.2 Å². The lowest BCUT2D eigenvalue weighted by Crippen LogP contribution is -2.36. The molecule has 0 aliphatic rings. The Kier molecular flexibility index (Phi) is 7.33. The Morgan fingerprint density at radius 1 is 1.38 bits per heavy atom. The zero-order chi connectivity index (χ0) is 12.6. The monoisotopic (exact) mass is 250 g/mol. The normalized spacial score (nSPS) is 13.4. The molecule has 0 radical (unpaired) electrons. The third-order valence-electron chi connectivity index (χ3n) is 2.14. The minimum Gasteiger partial charge on any atom is -0.356 e. The summed E-state index contributed by atoms with van der Waals surface area (Å²) in [5.41, 5.74) is 0. The van der Waals surface area contributed by atoms with Gasteiger partial charge in [0.25, 0.3) is 0 Å². The van der Waals surface area contributed by atoms with Crippen LogP contribution in [-0.2, 0) is 14.6 Å². The Bertz CT molecular complexity index is 301. The summed E-state index contributed by atoms with van der Waals surface area (Å²) in [4.78, 5) is 11.5. The van der Waals surface area contributed by atoms with Crippen molar-refractivity contribution in [1.82, 2.24) is 10.6 Å². The van der Waals surface area contributed by atoms with E-state index < -0.39 is 9.84 Å². The van der Waals surface area contributed by atoms with Crippen LogP contribution in [-0.4, -0.2) is 46.0 Å². The van der Waals surface area contributed by atoms with Gasteiger partial charge in [-0.15, -0.1) is 0 Å². The maximum Gasteiger partial charge on any atom is 0.224 e. The Balaban J connectivity index is 3.65. The van der Waals surface area contributed by atoms with Crippen LogP contribution in [0.5, 0.6) is 0 Å². The maximum absolute atomic E-state index is 11.5. The molecule has 0 aromatic rings. The molecule has 6 heteroatoms. The van der Waals surface area contributed by atoms with Crippen molar-refractivity contribution in [2.24, 2.45) is 5.92 Å². The van der Waals surface area contributed by atoms with Crippen molar-refractivity contribution >= 4 is 15.7 Å². The highest BCUT2D eigenvalue weighted by Gasteiger charge is 2.11. The van der Waals surface area contributed by atoms with E-state index in [4.69, 9.17) is 0 Å². The van der Waals surface area contributed by atoms with Crippen LogP contribution in [0.2, 0.25) is 0 Å². The summed E-state index contributed by atoms with van der Waals surface area (Å²) in [7, 11) is -2.92.